The van der Waals surface area contributed by atoms with Crippen LogP contribution in [0.25, 0.3) is 11.1 Å². The average molecular weight is 504 g/mol. The van der Waals surface area contributed by atoms with Gasteiger partial charge in [0.25, 0.3) is 0 Å². The molecule has 4 nitrogen and oxygen atoms in total. The van der Waals surface area contributed by atoms with Crippen molar-refractivity contribution in [2.24, 2.45) is 11.3 Å². The fraction of sp³-hybridized carbons (Fsp3) is 0.452. The molecule has 4 rings (SSSR count). The lowest BCUT2D eigenvalue weighted by atomic mass is 9.82. The monoisotopic (exact) mass is 503 g/mol. The summed E-state index contributed by atoms with van der Waals surface area (Å²) in [5, 5.41) is 0. The minimum absolute atomic E-state index is 0.0262. The maximum atomic E-state index is 6.69. The molecule has 192 valence electrons. The molecule has 0 N–H and O–H groups in total. The van der Waals surface area contributed by atoms with Crippen LogP contribution in [-0.4, -0.2) is 32.8 Å². The zero-order valence-corrected chi connectivity index (χ0v) is 23.5. The van der Waals surface area contributed by atoms with Gasteiger partial charge in [-0.15, -0.1) is 0 Å². The molecule has 1 aromatic heterocycles. The van der Waals surface area contributed by atoms with E-state index in [1.165, 1.54) is 16.7 Å². The third kappa shape index (κ3) is 7.36. The van der Waals surface area contributed by atoms with E-state index < -0.39 is 9.04 Å². The topological polar surface area (TPSA) is 40.6 Å². The van der Waals surface area contributed by atoms with Gasteiger partial charge in [0.15, 0.2) is 9.04 Å². The van der Waals surface area contributed by atoms with Gasteiger partial charge in [0.05, 0.1) is 31.5 Å². The van der Waals surface area contributed by atoms with Gasteiger partial charge in [-0.2, -0.15) is 0 Å². The van der Waals surface area contributed by atoms with E-state index in [1.807, 2.05) is 24.5 Å². The second kappa shape index (κ2) is 12.3. The zero-order valence-electron chi connectivity index (χ0n) is 22.4. The van der Waals surface area contributed by atoms with E-state index in [1.54, 1.807) is 0 Å². The summed E-state index contributed by atoms with van der Waals surface area (Å²) >= 11 is 0. The van der Waals surface area contributed by atoms with Gasteiger partial charge in [-0.1, -0.05) is 81.4 Å². The Hall–Kier alpha value is -2.31. The van der Waals surface area contributed by atoms with Crippen LogP contribution in [-0.2, 0) is 20.5 Å². The van der Waals surface area contributed by atoms with Crippen LogP contribution >= 0.6 is 0 Å². The molecule has 4 atom stereocenters. The van der Waals surface area contributed by atoms with Crippen LogP contribution < -0.4 is 0 Å². The van der Waals surface area contributed by atoms with Gasteiger partial charge in [0.1, 0.15) is 0 Å². The van der Waals surface area contributed by atoms with E-state index >= 15 is 0 Å². The third-order valence-electron chi connectivity index (χ3n) is 6.81. The number of rotatable bonds is 10. The molecule has 2 aromatic carbocycles. The van der Waals surface area contributed by atoms with E-state index in [0.717, 1.165) is 18.4 Å². The summed E-state index contributed by atoms with van der Waals surface area (Å²) in [5.74, 6) is 0.134. The second-order valence-corrected chi connectivity index (χ2v) is 13.7. The predicted molar refractivity (Wildman–Crippen MR) is 149 cm³/mol. The van der Waals surface area contributed by atoms with Crippen molar-refractivity contribution in [1.82, 2.24) is 4.98 Å². The summed E-state index contributed by atoms with van der Waals surface area (Å²) in [7, 11) is -1.26. The molecule has 0 radical (unpaired) electrons. The van der Waals surface area contributed by atoms with Crippen molar-refractivity contribution in [2.45, 2.75) is 71.6 Å². The average Bonchev–Trinajstić information content (AvgIpc) is 3.30. The number of benzene rings is 2. The Kier molecular flexibility index (Phi) is 9.13. The van der Waals surface area contributed by atoms with Crippen LogP contribution in [0.1, 0.15) is 50.8 Å². The Morgan fingerprint density at radius 1 is 0.972 bits per heavy atom. The molecule has 0 bridgehead atoms. The number of hydrogen-bond donors (Lipinski definition) is 0. The van der Waals surface area contributed by atoms with Crippen LogP contribution in [0.3, 0.4) is 0 Å². The van der Waals surface area contributed by atoms with Crippen LogP contribution in [0.15, 0.2) is 79.1 Å². The molecule has 0 saturated carbocycles. The summed E-state index contributed by atoms with van der Waals surface area (Å²) in [6.45, 7) is 12.5. The van der Waals surface area contributed by atoms with Gasteiger partial charge < -0.3 is 13.9 Å². The fourth-order valence-electron chi connectivity index (χ4n) is 4.98. The molecule has 1 fully saturated rings. The van der Waals surface area contributed by atoms with Crippen LogP contribution in [0, 0.1) is 11.3 Å². The summed E-state index contributed by atoms with van der Waals surface area (Å²) in [4.78, 5) is 4.37. The van der Waals surface area contributed by atoms with Gasteiger partial charge in [-0.25, -0.2) is 0 Å². The molecule has 5 heteroatoms. The minimum atomic E-state index is -1.26. The minimum Gasteiger partial charge on any atom is -0.417 e. The summed E-state index contributed by atoms with van der Waals surface area (Å²) in [6.07, 6.45) is 5.86. The smallest absolute Gasteiger partial charge is 0.171 e. The molecule has 2 heterocycles. The zero-order chi connectivity index (χ0) is 25.5. The van der Waals surface area contributed by atoms with Crippen molar-refractivity contribution in [3.8, 4) is 11.1 Å². The standard InChI is InChI=1S/C31H41NO3Si/c1-31(2,3)18-17-27(35-36(4)5)29-28(22-34-30(29)26-12-9-19-32-20-26)33-21-23-13-15-25(16-14-23)24-10-7-6-8-11-24/h6-16,19-20,27-30,36H,17-18,21-22H2,1-5H3/t27?,28-,29+,30+/m0/s1. The molecular formula is C31H41NO3Si. The Labute approximate surface area is 218 Å². The lowest BCUT2D eigenvalue weighted by Gasteiger charge is -2.34. The first-order valence-corrected chi connectivity index (χ1v) is 16.0. The SMILES string of the molecule is C[SiH](C)OC(CCC(C)(C)C)[C@@H]1[C@@H](OCc2ccc(-c3ccccc3)cc2)CO[C@@H]1c1cccnc1. The maximum Gasteiger partial charge on any atom is 0.171 e. The molecule has 36 heavy (non-hydrogen) atoms. The molecule has 1 unspecified atom stereocenters. The number of nitrogens with zero attached hydrogens (tertiary/aromatic N) is 1. The third-order valence-corrected chi connectivity index (χ3v) is 7.71. The second-order valence-electron chi connectivity index (χ2n) is 11.4. The molecule has 0 spiro atoms. The Morgan fingerprint density at radius 2 is 1.69 bits per heavy atom. The molecule has 3 aromatic rings. The normalized spacial score (nSPS) is 21.1. The summed E-state index contributed by atoms with van der Waals surface area (Å²) in [6, 6.07) is 23.3. The van der Waals surface area contributed by atoms with Gasteiger partial charge in [-0.05, 0) is 59.7 Å². The largest absolute Gasteiger partial charge is 0.417 e. The van der Waals surface area contributed by atoms with Crippen molar-refractivity contribution in [3.63, 3.8) is 0 Å². The van der Waals surface area contributed by atoms with E-state index in [9.17, 15) is 0 Å². The van der Waals surface area contributed by atoms with Crippen LogP contribution in [0.2, 0.25) is 13.1 Å². The number of hydrogen-bond acceptors (Lipinski definition) is 4. The van der Waals surface area contributed by atoms with E-state index in [4.69, 9.17) is 13.9 Å². The highest BCUT2D eigenvalue weighted by Gasteiger charge is 2.44. The lowest BCUT2D eigenvalue weighted by Crippen LogP contribution is -2.38. The molecule has 0 amide bonds. The lowest BCUT2D eigenvalue weighted by molar-refractivity contribution is -0.0249. The summed E-state index contributed by atoms with van der Waals surface area (Å²) < 4.78 is 19.7. The Morgan fingerprint density at radius 3 is 2.33 bits per heavy atom. The van der Waals surface area contributed by atoms with Crippen molar-refractivity contribution in [2.75, 3.05) is 6.61 Å². The molecule has 1 aliphatic rings. The van der Waals surface area contributed by atoms with Crippen LogP contribution in [0.4, 0.5) is 0 Å². The highest BCUT2D eigenvalue weighted by molar-refractivity contribution is 6.48. The van der Waals surface area contributed by atoms with Gasteiger partial charge >= 0.3 is 0 Å². The van der Waals surface area contributed by atoms with Crippen LogP contribution in [0.5, 0.6) is 0 Å². The Bertz CT molecular complexity index is 1050. The molecule has 0 aliphatic carbocycles. The van der Waals surface area contributed by atoms with Gasteiger partial charge in [0.2, 0.25) is 0 Å². The first-order valence-electron chi connectivity index (χ1n) is 13.2. The Balaban J connectivity index is 1.51. The van der Waals surface area contributed by atoms with Crippen molar-refractivity contribution in [1.29, 1.82) is 0 Å². The molecule has 1 aliphatic heterocycles. The number of pyridine rings is 1. The van der Waals surface area contributed by atoms with E-state index in [-0.39, 0.29) is 29.6 Å². The maximum absolute atomic E-state index is 6.69. The highest BCUT2D eigenvalue weighted by atomic mass is 28.3. The van der Waals surface area contributed by atoms with Gasteiger partial charge in [0, 0.05) is 18.3 Å². The van der Waals surface area contributed by atoms with Gasteiger partial charge in [-0.3, -0.25) is 4.98 Å². The predicted octanol–water partition coefficient (Wildman–Crippen LogP) is 7.22. The number of ether oxygens (including phenoxy) is 2. The number of aromatic nitrogens is 1. The highest BCUT2D eigenvalue weighted by Crippen LogP contribution is 2.42. The first-order chi connectivity index (χ1) is 17.3. The van der Waals surface area contributed by atoms with Crippen molar-refractivity contribution in [3.05, 3.63) is 90.3 Å². The van der Waals surface area contributed by atoms with Crippen molar-refractivity contribution < 1.29 is 13.9 Å². The van der Waals surface area contributed by atoms with Crippen molar-refractivity contribution >= 4 is 9.04 Å². The molecule has 1 saturated heterocycles. The van der Waals surface area contributed by atoms with E-state index in [2.05, 4.69) is 93.4 Å². The first kappa shape index (κ1) is 26.7. The van der Waals surface area contributed by atoms with E-state index in [0.29, 0.717) is 13.2 Å². The fourth-order valence-corrected chi connectivity index (χ4v) is 5.99. The quantitative estimate of drug-likeness (QED) is 0.274. The molecular weight excluding hydrogens is 462 g/mol. The summed E-state index contributed by atoms with van der Waals surface area (Å²) in [5.41, 5.74) is 4.97.